The Morgan fingerprint density at radius 2 is 1.34 bits per heavy atom. The lowest BCUT2D eigenvalue weighted by atomic mass is 10.1. The second kappa shape index (κ2) is 17.6. The zero-order chi connectivity index (χ0) is 25.9. The summed E-state index contributed by atoms with van der Waals surface area (Å²) in [4.78, 5) is 12.1. The number of benzene rings is 1. The lowest BCUT2D eigenvalue weighted by Gasteiger charge is -2.02. The molecule has 1 amide bonds. The Hall–Kier alpha value is -2.78. The normalized spacial score (nSPS) is 11.3. The van der Waals surface area contributed by atoms with Crippen molar-refractivity contribution in [3.8, 4) is 0 Å². The third kappa shape index (κ3) is 17.3. The lowest BCUT2D eigenvalue weighted by Crippen LogP contribution is -2.33. The van der Waals surface area contributed by atoms with Gasteiger partial charge in [0.2, 0.25) is 0 Å². The SMILES string of the molecule is CCCCCCCCCCCC[n+]1ccc(C(=O)NN=Cc2ccc(F)cc2)cc1.F[B-](F)(F)F. The highest BCUT2D eigenvalue weighted by Crippen LogP contribution is 2.10. The van der Waals surface area contributed by atoms with E-state index in [-0.39, 0.29) is 11.7 Å². The maximum absolute atomic E-state index is 12.9. The molecule has 0 spiro atoms. The van der Waals surface area contributed by atoms with E-state index in [1.54, 1.807) is 24.3 Å². The number of carbonyl (C=O) groups is 1. The van der Waals surface area contributed by atoms with Crippen molar-refractivity contribution in [1.82, 2.24) is 5.43 Å². The van der Waals surface area contributed by atoms with Crippen LogP contribution in [-0.4, -0.2) is 19.4 Å². The number of hydrogen-bond donors (Lipinski definition) is 1. The average Bonchev–Trinajstić information content (AvgIpc) is 2.81. The molecule has 0 aliphatic heterocycles. The number of hydrogen-bond acceptors (Lipinski definition) is 2. The van der Waals surface area contributed by atoms with Gasteiger partial charge in [-0.15, -0.1) is 0 Å². The van der Waals surface area contributed by atoms with E-state index in [9.17, 15) is 26.4 Å². The van der Waals surface area contributed by atoms with Crippen LogP contribution in [0.4, 0.5) is 21.7 Å². The van der Waals surface area contributed by atoms with Crippen molar-refractivity contribution in [2.24, 2.45) is 5.10 Å². The zero-order valence-corrected chi connectivity index (χ0v) is 20.2. The highest BCUT2D eigenvalue weighted by Gasteiger charge is 2.20. The van der Waals surface area contributed by atoms with Crippen molar-refractivity contribution in [3.63, 3.8) is 0 Å². The predicted molar refractivity (Wildman–Crippen MR) is 130 cm³/mol. The molecule has 2 aromatic rings. The molecule has 0 saturated heterocycles. The van der Waals surface area contributed by atoms with E-state index in [4.69, 9.17) is 0 Å². The van der Waals surface area contributed by atoms with E-state index < -0.39 is 7.25 Å². The molecule has 0 saturated carbocycles. The molecule has 2 rings (SSSR count). The van der Waals surface area contributed by atoms with Crippen molar-refractivity contribution in [2.45, 2.75) is 77.7 Å². The van der Waals surface area contributed by atoms with E-state index in [1.807, 2.05) is 12.4 Å². The van der Waals surface area contributed by atoms with Gasteiger partial charge in [-0.1, -0.05) is 70.4 Å². The minimum Gasteiger partial charge on any atom is -0.418 e. The Labute approximate surface area is 204 Å². The van der Waals surface area contributed by atoms with Crippen molar-refractivity contribution < 1.29 is 31.0 Å². The first-order valence-corrected chi connectivity index (χ1v) is 12.1. The standard InChI is InChI=1S/C25H34FN3O.BF4/c1-2-3-4-5-6-7-8-9-10-11-18-29-19-16-23(17-20-29)25(30)28-27-21-22-12-14-24(26)15-13-22;2-1(3,4)5/h12-17,19-21H,2-11,18H2,1H3;/q;-1/p+1. The monoisotopic (exact) mass is 499 g/mol. The van der Waals surface area contributed by atoms with Gasteiger partial charge in [0, 0.05) is 18.6 Å². The smallest absolute Gasteiger partial charge is 0.418 e. The molecule has 1 aromatic carbocycles. The maximum Gasteiger partial charge on any atom is 0.673 e. The van der Waals surface area contributed by atoms with Gasteiger partial charge in [-0.25, -0.2) is 14.4 Å². The molecule has 0 unspecified atom stereocenters. The molecule has 1 heterocycles. The summed E-state index contributed by atoms with van der Waals surface area (Å²) in [6.45, 7) is 3.23. The molecule has 194 valence electrons. The van der Waals surface area contributed by atoms with Gasteiger partial charge in [-0.05, 0) is 24.1 Å². The molecule has 0 radical (unpaired) electrons. The first-order valence-electron chi connectivity index (χ1n) is 12.1. The highest BCUT2D eigenvalue weighted by atomic mass is 19.5. The predicted octanol–water partition coefficient (Wildman–Crippen LogP) is 7.10. The Bertz CT molecular complexity index is 853. The number of amides is 1. The van der Waals surface area contributed by atoms with E-state index in [1.165, 1.54) is 76.1 Å². The lowest BCUT2D eigenvalue weighted by molar-refractivity contribution is -0.697. The quantitative estimate of drug-likeness (QED) is 0.0740. The summed E-state index contributed by atoms with van der Waals surface area (Å²) in [5.74, 6) is -0.564. The van der Waals surface area contributed by atoms with Crippen LogP contribution in [0.1, 0.15) is 87.1 Å². The molecular formula is C25H35BF5N3O. The van der Waals surface area contributed by atoms with Crippen LogP contribution in [0.25, 0.3) is 0 Å². The maximum atomic E-state index is 12.9. The van der Waals surface area contributed by atoms with Crippen LogP contribution in [0.15, 0.2) is 53.9 Å². The van der Waals surface area contributed by atoms with Crippen molar-refractivity contribution in [1.29, 1.82) is 0 Å². The van der Waals surface area contributed by atoms with Crippen molar-refractivity contribution in [2.75, 3.05) is 0 Å². The summed E-state index contributed by atoms with van der Waals surface area (Å²) in [5.41, 5.74) is 3.78. The van der Waals surface area contributed by atoms with Crippen LogP contribution in [0.3, 0.4) is 0 Å². The largest absolute Gasteiger partial charge is 0.673 e. The molecule has 0 atom stereocenters. The Morgan fingerprint density at radius 3 is 1.86 bits per heavy atom. The van der Waals surface area contributed by atoms with Gasteiger partial charge >= 0.3 is 7.25 Å². The molecule has 1 aromatic heterocycles. The van der Waals surface area contributed by atoms with Crippen molar-refractivity contribution >= 4 is 19.4 Å². The third-order valence-electron chi connectivity index (χ3n) is 5.17. The Balaban J connectivity index is 0.00000111. The van der Waals surface area contributed by atoms with Gasteiger partial charge in [-0.3, -0.25) is 4.79 Å². The van der Waals surface area contributed by atoms with Gasteiger partial charge in [0.1, 0.15) is 12.4 Å². The summed E-state index contributed by atoms with van der Waals surface area (Å²) >= 11 is 0. The molecule has 35 heavy (non-hydrogen) atoms. The molecular weight excluding hydrogens is 464 g/mol. The van der Waals surface area contributed by atoms with E-state index >= 15 is 0 Å². The first kappa shape index (κ1) is 30.3. The number of carbonyl (C=O) groups excluding carboxylic acids is 1. The first-order chi connectivity index (χ1) is 16.7. The number of hydrazone groups is 1. The number of aromatic nitrogens is 1. The molecule has 0 aliphatic carbocycles. The van der Waals surface area contributed by atoms with Crippen LogP contribution in [0, 0.1) is 5.82 Å². The van der Waals surface area contributed by atoms with Gasteiger partial charge < -0.3 is 17.3 Å². The number of pyridine rings is 1. The molecule has 0 aliphatic rings. The summed E-state index contributed by atoms with van der Waals surface area (Å²) < 4.78 is 54.0. The fourth-order valence-electron chi connectivity index (χ4n) is 3.32. The van der Waals surface area contributed by atoms with Crippen LogP contribution >= 0.6 is 0 Å². The number of nitrogens with zero attached hydrogens (tertiary/aromatic N) is 2. The highest BCUT2D eigenvalue weighted by molar-refractivity contribution is 6.50. The van der Waals surface area contributed by atoms with E-state index in [0.717, 1.165) is 18.5 Å². The van der Waals surface area contributed by atoms with Crippen LogP contribution < -0.4 is 9.99 Å². The number of halogens is 5. The number of unbranched alkanes of at least 4 members (excludes halogenated alkanes) is 9. The fourth-order valence-corrected chi connectivity index (χ4v) is 3.32. The van der Waals surface area contributed by atoms with Gasteiger partial charge in [0.25, 0.3) is 5.91 Å². The fraction of sp³-hybridized carbons (Fsp3) is 0.480. The molecule has 0 fully saturated rings. The summed E-state index contributed by atoms with van der Waals surface area (Å²) in [6, 6.07) is 9.52. The Morgan fingerprint density at radius 1 is 0.857 bits per heavy atom. The summed E-state index contributed by atoms with van der Waals surface area (Å²) in [7, 11) is -6.00. The van der Waals surface area contributed by atoms with E-state index in [2.05, 4.69) is 22.0 Å². The van der Waals surface area contributed by atoms with Gasteiger partial charge in [0.05, 0.1) is 11.8 Å². The summed E-state index contributed by atoms with van der Waals surface area (Å²) in [6.07, 6.45) is 18.6. The minimum absolute atomic E-state index is 0.264. The topological polar surface area (TPSA) is 45.3 Å². The molecule has 1 N–H and O–H groups in total. The Kier molecular flexibility index (Phi) is 15.2. The molecule has 10 heteroatoms. The average molecular weight is 499 g/mol. The minimum atomic E-state index is -6.00. The second-order valence-electron chi connectivity index (χ2n) is 8.25. The van der Waals surface area contributed by atoms with Crippen LogP contribution in [0.2, 0.25) is 0 Å². The van der Waals surface area contributed by atoms with E-state index in [0.29, 0.717) is 5.56 Å². The number of aryl methyl sites for hydroxylation is 1. The summed E-state index contributed by atoms with van der Waals surface area (Å²) in [5, 5.41) is 3.92. The van der Waals surface area contributed by atoms with Crippen LogP contribution in [0.5, 0.6) is 0 Å². The number of nitrogens with one attached hydrogen (secondary N) is 1. The zero-order valence-electron chi connectivity index (χ0n) is 20.2. The van der Waals surface area contributed by atoms with Crippen molar-refractivity contribution in [3.05, 3.63) is 65.7 Å². The van der Waals surface area contributed by atoms with Gasteiger partial charge in [0.15, 0.2) is 12.4 Å². The molecule has 4 nitrogen and oxygen atoms in total. The second-order valence-corrected chi connectivity index (χ2v) is 8.25. The van der Waals surface area contributed by atoms with Crippen LogP contribution in [-0.2, 0) is 6.54 Å². The molecule has 0 bridgehead atoms. The van der Waals surface area contributed by atoms with Gasteiger partial charge in [-0.2, -0.15) is 5.10 Å². The third-order valence-corrected chi connectivity index (χ3v) is 5.17. The number of rotatable bonds is 14.